The Hall–Kier alpha value is -0.420. The Labute approximate surface area is 168 Å². The lowest BCUT2D eigenvalue weighted by atomic mass is 9.45. The van der Waals surface area contributed by atoms with Gasteiger partial charge in [0.15, 0.2) is 0 Å². The molecule has 6 nitrogen and oxygen atoms in total. The molecule has 0 saturated heterocycles. The summed E-state index contributed by atoms with van der Waals surface area (Å²) in [6.07, 6.45) is 8.96. The molecule has 0 radical (unpaired) electrons. The summed E-state index contributed by atoms with van der Waals surface area (Å²) in [5.74, 6) is 2.29. The van der Waals surface area contributed by atoms with Gasteiger partial charge in [-0.25, -0.2) is 4.57 Å². The smallest absolute Gasteiger partial charge is 0.462 e. The van der Waals surface area contributed by atoms with Crippen LogP contribution in [0, 0.1) is 34.5 Å². The number of hydrogen-bond acceptors (Lipinski definition) is 4. The number of fused-ring (bicyclic) bond motifs is 5. The molecule has 0 unspecified atom stereocenters. The van der Waals surface area contributed by atoms with Gasteiger partial charge in [-0.3, -0.25) is 9.32 Å². The average Bonchev–Trinajstić information content (AvgIpc) is 2.90. The maximum atomic E-state index is 11.6. The molecule has 0 spiro atoms. The largest absolute Gasteiger partial charge is 0.469 e. The number of carbonyl (C=O) groups is 1. The molecule has 4 aliphatic rings. The molecule has 4 saturated carbocycles. The topological polar surface area (TPSA) is 93.1 Å². The highest BCUT2D eigenvalue weighted by Gasteiger charge is 2.61. The van der Waals surface area contributed by atoms with Crippen LogP contribution in [0.2, 0.25) is 0 Å². The Balaban J connectivity index is 1.50. The van der Waals surface area contributed by atoms with Gasteiger partial charge in [-0.15, -0.1) is 0 Å². The molecule has 4 rings (SSSR count). The fourth-order valence-electron chi connectivity index (χ4n) is 7.85. The number of carbonyl (C=O) groups excluding carboxylic acids is 1. The Morgan fingerprint density at radius 1 is 0.964 bits per heavy atom. The molecular weight excluding hydrogens is 379 g/mol. The molecule has 0 aromatic heterocycles. The molecule has 4 aliphatic carbocycles. The summed E-state index contributed by atoms with van der Waals surface area (Å²) < 4.78 is 22.1. The Kier molecular flexibility index (Phi) is 5.27. The summed E-state index contributed by atoms with van der Waals surface area (Å²) in [4.78, 5) is 30.0. The van der Waals surface area contributed by atoms with Crippen molar-refractivity contribution in [1.29, 1.82) is 0 Å². The highest BCUT2D eigenvalue weighted by Crippen LogP contribution is 2.67. The van der Waals surface area contributed by atoms with Gasteiger partial charge < -0.3 is 14.5 Å². The number of rotatable bonds is 3. The van der Waals surface area contributed by atoms with Crippen molar-refractivity contribution < 1.29 is 28.4 Å². The van der Waals surface area contributed by atoms with Crippen LogP contribution in [-0.2, 0) is 18.6 Å². The molecule has 0 aliphatic heterocycles. The van der Waals surface area contributed by atoms with Crippen molar-refractivity contribution in [2.24, 2.45) is 34.5 Å². The van der Waals surface area contributed by atoms with Crippen LogP contribution in [0.1, 0.15) is 78.6 Å². The Bertz CT molecular complexity index is 676. The van der Waals surface area contributed by atoms with E-state index in [4.69, 9.17) is 9.26 Å². The van der Waals surface area contributed by atoms with Crippen molar-refractivity contribution in [3.05, 3.63) is 0 Å². The first-order valence-corrected chi connectivity index (χ1v) is 12.5. The molecule has 160 valence electrons. The van der Waals surface area contributed by atoms with Crippen LogP contribution in [0.25, 0.3) is 0 Å². The van der Waals surface area contributed by atoms with Gasteiger partial charge in [0, 0.05) is 12.3 Å². The maximum Gasteiger partial charge on any atom is 0.469 e. The van der Waals surface area contributed by atoms with Gasteiger partial charge in [0.1, 0.15) is 6.10 Å². The van der Waals surface area contributed by atoms with E-state index in [0.717, 1.165) is 44.9 Å². The van der Waals surface area contributed by atoms with E-state index >= 15 is 0 Å². The molecule has 8 atom stereocenters. The average molecular weight is 414 g/mol. The fourth-order valence-corrected chi connectivity index (χ4v) is 8.43. The number of phosphoric ester groups is 1. The zero-order valence-corrected chi connectivity index (χ0v) is 18.2. The normalized spacial score (nSPS) is 48.3. The molecule has 0 aromatic carbocycles. The van der Waals surface area contributed by atoms with E-state index < -0.39 is 7.82 Å². The third-order valence-corrected chi connectivity index (χ3v) is 9.70. The molecule has 28 heavy (non-hydrogen) atoms. The van der Waals surface area contributed by atoms with Crippen molar-refractivity contribution in [2.45, 2.75) is 90.8 Å². The lowest BCUT2D eigenvalue weighted by Crippen LogP contribution is -2.54. The lowest BCUT2D eigenvalue weighted by Gasteiger charge is -2.60. The van der Waals surface area contributed by atoms with Gasteiger partial charge in [-0.05, 0) is 86.9 Å². The van der Waals surface area contributed by atoms with E-state index in [1.165, 1.54) is 19.8 Å². The minimum atomic E-state index is -4.42. The number of hydrogen-bond donors (Lipinski definition) is 2. The standard InChI is InChI=1S/C21H35O6P/c1-13(22)26-19-7-6-17-16-5-4-14-12-15(27-28(23,24)25)8-10-20(14,2)18(16)9-11-21(17,19)3/h14-19H,4-12H2,1-3H3,(H2,23,24,25)/t14-,15+,16-,17-,18-,19-,20-,21-/m0/s1. The van der Waals surface area contributed by atoms with Gasteiger partial charge in [-0.2, -0.15) is 0 Å². The van der Waals surface area contributed by atoms with Gasteiger partial charge in [0.05, 0.1) is 6.10 Å². The van der Waals surface area contributed by atoms with E-state index in [0.29, 0.717) is 23.7 Å². The highest BCUT2D eigenvalue weighted by molar-refractivity contribution is 7.46. The van der Waals surface area contributed by atoms with E-state index in [2.05, 4.69) is 13.8 Å². The summed E-state index contributed by atoms with van der Waals surface area (Å²) >= 11 is 0. The molecule has 2 N–H and O–H groups in total. The zero-order valence-electron chi connectivity index (χ0n) is 17.3. The first kappa shape index (κ1) is 20.8. The van der Waals surface area contributed by atoms with Crippen LogP contribution in [0.4, 0.5) is 0 Å². The second-order valence-electron chi connectivity index (χ2n) is 10.4. The molecule has 0 amide bonds. The first-order chi connectivity index (χ1) is 13.0. The first-order valence-electron chi connectivity index (χ1n) is 10.9. The minimum Gasteiger partial charge on any atom is -0.462 e. The minimum absolute atomic E-state index is 0.0638. The highest BCUT2D eigenvalue weighted by atomic mass is 31.2. The summed E-state index contributed by atoms with van der Waals surface area (Å²) in [5, 5.41) is 0. The van der Waals surface area contributed by atoms with Gasteiger partial charge >= 0.3 is 13.8 Å². The third-order valence-electron chi connectivity index (χ3n) is 9.13. The second-order valence-corrected chi connectivity index (χ2v) is 11.6. The van der Waals surface area contributed by atoms with Crippen LogP contribution in [-0.4, -0.2) is 28.0 Å². The Morgan fingerprint density at radius 3 is 2.32 bits per heavy atom. The van der Waals surface area contributed by atoms with Crippen molar-refractivity contribution in [3.8, 4) is 0 Å². The monoisotopic (exact) mass is 414 g/mol. The predicted molar refractivity (Wildman–Crippen MR) is 104 cm³/mol. The summed E-state index contributed by atoms with van der Waals surface area (Å²) in [5.41, 5.74) is 0.343. The molecule has 0 aromatic rings. The van der Waals surface area contributed by atoms with E-state index in [1.54, 1.807) is 0 Å². The van der Waals surface area contributed by atoms with Crippen molar-refractivity contribution in [2.75, 3.05) is 0 Å². The number of esters is 1. The van der Waals surface area contributed by atoms with Crippen LogP contribution < -0.4 is 0 Å². The summed E-state index contributed by atoms with van der Waals surface area (Å²) in [7, 11) is -4.42. The molecule has 7 heteroatoms. The zero-order chi connectivity index (χ0) is 20.3. The van der Waals surface area contributed by atoms with Crippen LogP contribution >= 0.6 is 7.82 Å². The molecule has 0 heterocycles. The maximum absolute atomic E-state index is 11.6. The van der Waals surface area contributed by atoms with E-state index in [-0.39, 0.29) is 29.0 Å². The van der Waals surface area contributed by atoms with Gasteiger partial charge in [-0.1, -0.05) is 13.8 Å². The van der Waals surface area contributed by atoms with E-state index in [1.807, 2.05) is 0 Å². The van der Waals surface area contributed by atoms with Gasteiger partial charge in [0.2, 0.25) is 0 Å². The van der Waals surface area contributed by atoms with Crippen LogP contribution in [0.15, 0.2) is 0 Å². The van der Waals surface area contributed by atoms with Crippen molar-refractivity contribution >= 4 is 13.8 Å². The van der Waals surface area contributed by atoms with Crippen LogP contribution in [0.5, 0.6) is 0 Å². The second kappa shape index (κ2) is 7.08. The molecule has 4 fully saturated rings. The van der Waals surface area contributed by atoms with Crippen molar-refractivity contribution in [1.82, 2.24) is 0 Å². The van der Waals surface area contributed by atoms with Crippen LogP contribution in [0.3, 0.4) is 0 Å². The lowest BCUT2D eigenvalue weighted by molar-refractivity contribution is -0.162. The molecular formula is C21H35O6P. The number of ether oxygens (including phenoxy) is 1. The predicted octanol–water partition coefficient (Wildman–Crippen LogP) is 4.44. The molecule has 0 bridgehead atoms. The fraction of sp³-hybridized carbons (Fsp3) is 0.952. The summed E-state index contributed by atoms with van der Waals surface area (Å²) in [6, 6.07) is 0. The van der Waals surface area contributed by atoms with E-state index in [9.17, 15) is 19.1 Å². The summed E-state index contributed by atoms with van der Waals surface area (Å²) in [6.45, 7) is 6.28. The quantitative estimate of drug-likeness (QED) is 0.524. The SMILES string of the molecule is CC(=O)O[C@H]1CC[C@H]2[C@@H]3CC[C@H]4C[C@H](OP(=O)(O)O)CC[C@]4(C)[C@H]3CC[C@]12C. The third kappa shape index (κ3) is 3.49. The Morgan fingerprint density at radius 2 is 1.64 bits per heavy atom. The van der Waals surface area contributed by atoms with Crippen molar-refractivity contribution in [3.63, 3.8) is 0 Å². The van der Waals surface area contributed by atoms with Gasteiger partial charge in [0.25, 0.3) is 0 Å². The number of phosphoric acid groups is 1.